The van der Waals surface area contributed by atoms with Gasteiger partial charge in [0.2, 0.25) is 0 Å². The van der Waals surface area contributed by atoms with E-state index in [1.54, 1.807) is 0 Å². The fourth-order valence-corrected chi connectivity index (χ4v) is 0.859. The van der Waals surface area contributed by atoms with Crippen molar-refractivity contribution in [2.45, 2.75) is 6.18 Å². The number of alkyl halides is 3. The first-order valence-corrected chi connectivity index (χ1v) is 3.70. The number of nitrogens with zero attached hydrogens (tertiary/aromatic N) is 1. The third kappa shape index (κ3) is 2.21. The summed E-state index contributed by atoms with van der Waals surface area (Å²) in [7, 11) is 1.32. The van der Waals surface area contributed by atoms with Gasteiger partial charge in [-0.05, 0) is 12.1 Å². The summed E-state index contributed by atoms with van der Waals surface area (Å²) >= 11 is 0. The van der Waals surface area contributed by atoms with E-state index in [0.717, 1.165) is 12.3 Å². The van der Waals surface area contributed by atoms with Gasteiger partial charge in [0.05, 0.1) is 5.56 Å². The Balaban J connectivity index is 3.08. The average Bonchev–Trinajstić information content (AvgIpc) is 2.15. The second kappa shape index (κ2) is 3.65. The average molecular weight is 204 g/mol. The number of rotatable bonds is 1. The van der Waals surface area contributed by atoms with Gasteiger partial charge in [-0.1, -0.05) is 0 Å². The van der Waals surface area contributed by atoms with Crippen LogP contribution < -0.4 is 5.32 Å². The topological polar surface area (TPSA) is 42.0 Å². The molecule has 0 aliphatic rings. The molecule has 3 nitrogen and oxygen atoms in total. The predicted octanol–water partition coefficient (Wildman–Crippen LogP) is 1.46. The molecular weight excluding hydrogens is 197 g/mol. The molecule has 1 N–H and O–H groups in total. The lowest BCUT2D eigenvalue weighted by atomic mass is 10.2. The maximum atomic E-state index is 12.2. The quantitative estimate of drug-likeness (QED) is 0.752. The molecule has 0 fully saturated rings. The Bertz CT molecular complexity index is 349. The van der Waals surface area contributed by atoms with Crippen molar-refractivity contribution in [1.82, 2.24) is 10.3 Å². The van der Waals surface area contributed by atoms with Crippen molar-refractivity contribution in [1.29, 1.82) is 0 Å². The van der Waals surface area contributed by atoms with Crippen LogP contribution in [0.1, 0.15) is 16.1 Å². The third-order valence-corrected chi connectivity index (χ3v) is 1.55. The zero-order valence-corrected chi connectivity index (χ0v) is 7.22. The standard InChI is InChI=1S/C8H7F3N2O/c1-12-7(14)6-4-5(2-3-13-6)8(9,10)11/h2-4H,1H3,(H,12,14). The lowest BCUT2D eigenvalue weighted by molar-refractivity contribution is -0.137. The highest BCUT2D eigenvalue weighted by molar-refractivity contribution is 5.92. The van der Waals surface area contributed by atoms with Crippen LogP contribution in [0.25, 0.3) is 0 Å². The summed E-state index contributed by atoms with van der Waals surface area (Å²) in [5.41, 5.74) is -1.13. The Labute approximate surface area is 78.0 Å². The molecule has 76 valence electrons. The maximum absolute atomic E-state index is 12.2. The largest absolute Gasteiger partial charge is 0.416 e. The van der Waals surface area contributed by atoms with Gasteiger partial charge < -0.3 is 5.32 Å². The number of carbonyl (C=O) groups is 1. The van der Waals surface area contributed by atoms with Crippen molar-refractivity contribution < 1.29 is 18.0 Å². The van der Waals surface area contributed by atoms with Crippen LogP contribution in [0.3, 0.4) is 0 Å². The first-order chi connectivity index (χ1) is 6.45. The third-order valence-electron chi connectivity index (χ3n) is 1.55. The molecule has 1 aromatic heterocycles. The maximum Gasteiger partial charge on any atom is 0.416 e. The Morgan fingerprint density at radius 3 is 2.64 bits per heavy atom. The van der Waals surface area contributed by atoms with Crippen LogP contribution in [0.15, 0.2) is 18.3 Å². The van der Waals surface area contributed by atoms with E-state index in [0.29, 0.717) is 6.07 Å². The Hall–Kier alpha value is -1.59. The predicted molar refractivity (Wildman–Crippen MR) is 42.6 cm³/mol. The highest BCUT2D eigenvalue weighted by Crippen LogP contribution is 2.28. The van der Waals surface area contributed by atoms with Gasteiger partial charge in [-0.15, -0.1) is 0 Å². The number of carbonyl (C=O) groups excluding carboxylic acids is 1. The fraction of sp³-hybridized carbons (Fsp3) is 0.250. The molecule has 0 saturated carbocycles. The van der Waals surface area contributed by atoms with Gasteiger partial charge >= 0.3 is 6.18 Å². The summed E-state index contributed by atoms with van der Waals surface area (Å²) in [5, 5.41) is 2.19. The molecule has 0 aromatic carbocycles. The van der Waals surface area contributed by atoms with Crippen molar-refractivity contribution in [2.75, 3.05) is 7.05 Å². The molecule has 6 heteroatoms. The van der Waals surface area contributed by atoms with E-state index >= 15 is 0 Å². The SMILES string of the molecule is CNC(=O)c1cc(C(F)(F)F)ccn1. The number of nitrogens with one attached hydrogen (secondary N) is 1. The minimum atomic E-state index is -4.45. The van der Waals surface area contributed by atoms with E-state index in [2.05, 4.69) is 10.3 Å². The van der Waals surface area contributed by atoms with Gasteiger partial charge in [0.25, 0.3) is 5.91 Å². The number of hydrogen-bond donors (Lipinski definition) is 1. The number of halogens is 3. The van der Waals surface area contributed by atoms with Crippen molar-refractivity contribution in [3.8, 4) is 0 Å². The van der Waals surface area contributed by atoms with E-state index in [-0.39, 0.29) is 5.69 Å². The Morgan fingerprint density at radius 2 is 2.14 bits per heavy atom. The molecule has 1 heterocycles. The van der Waals surface area contributed by atoms with Crippen LogP contribution in [0.4, 0.5) is 13.2 Å². The second-order valence-corrected chi connectivity index (χ2v) is 2.51. The zero-order chi connectivity index (χ0) is 10.8. The van der Waals surface area contributed by atoms with Gasteiger partial charge in [0, 0.05) is 13.2 Å². The molecule has 0 radical (unpaired) electrons. The monoisotopic (exact) mass is 204 g/mol. The van der Waals surface area contributed by atoms with E-state index in [1.165, 1.54) is 7.05 Å². The normalized spacial score (nSPS) is 11.1. The van der Waals surface area contributed by atoms with Crippen LogP contribution in [-0.2, 0) is 6.18 Å². The van der Waals surface area contributed by atoms with Gasteiger partial charge in [0.15, 0.2) is 0 Å². The van der Waals surface area contributed by atoms with E-state index in [9.17, 15) is 18.0 Å². The minimum absolute atomic E-state index is 0.248. The molecule has 0 unspecified atom stereocenters. The molecule has 0 bridgehead atoms. The number of hydrogen-bond acceptors (Lipinski definition) is 2. The molecule has 1 aromatic rings. The van der Waals surface area contributed by atoms with Gasteiger partial charge in [-0.25, -0.2) is 0 Å². The first kappa shape index (κ1) is 10.5. The van der Waals surface area contributed by atoms with Crippen molar-refractivity contribution in [3.63, 3.8) is 0 Å². The molecule has 0 aliphatic heterocycles. The van der Waals surface area contributed by atoms with Crippen molar-refractivity contribution >= 4 is 5.91 Å². The van der Waals surface area contributed by atoms with Crippen LogP contribution in [0, 0.1) is 0 Å². The van der Waals surface area contributed by atoms with E-state index < -0.39 is 17.6 Å². The van der Waals surface area contributed by atoms with Crippen LogP contribution in [-0.4, -0.2) is 17.9 Å². The fourth-order valence-electron chi connectivity index (χ4n) is 0.859. The summed E-state index contributed by atoms with van der Waals surface area (Å²) < 4.78 is 36.5. The molecule has 1 amide bonds. The lowest BCUT2D eigenvalue weighted by Crippen LogP contribution is -2.20. The summed E-state index contributed by atoms with van der Waals surface area (Å²) in [6.07, 6.45) is -3.50. The number of pyridine rings is 1. The molecule has 1 rings (SSSR count). The zero-order valence-electron chi connectivity index (χ0n) is 7.22. The molecule has 0 spiro atoms. The minimum Gasteiger partial charge on any atom is -0.354 e. The molecule has 0 saturated heterocycles. The molecule has 0 aliphatic carbocycles. The first-order valence-electron chi connectivity index (χ1n) is 3.70. The molecule has 14 heavy (non-hydrogen) atoms. The van der Waals surface area contributed by atoms with Gasteiger partial charge in [-0.2, -0.15) is 13.2 Å². The summed E-state index contributed by atoms with van der Waals surface area (Å²) in [6.45, 7) is 0. The Kier molecular flexibility index (Phi) is 2.73. The summed E-state index contributed by atoms with van der Waals surface area (Å²) in [6, 6.07) is 1.52. The molecular formula is C8H7F3N2O. The van der Waals surface area contributed by atoms with Crippen molar-refractivity contribution in [3.05, 3.63) is 29.6 Å². The highest BCUT2D eigenvalue weighted by Gasteiger charge is 2.31. The van der Waals surface area contributed by atoms with Crippen molar-refractivity contribution in [2.24, 2.45) is 0 Å². The Morgan fingerprint density at radius 1 is 1.50 bits per heavy atom. The molecule has 0 atom stereocenters. The lowest BCUT2D eigenvalue weighted by Gasteiger charge is -2.06. The van der Waals surface area contributed by atoms with E-state index in [1.807, 2.05) is 0 Å². The van der Waals surface area contributed by atoms with Gasteiger partial charge in [-0.3, -0.25) is 9.78 Å². The highest BCUT2D eigenvalue weighted by atomic mass is 19.4. The number of amides is 1. The second-order valence-electron chi connectivity index (χ2n) is 2.51. The van der Waals surface area contributed by atoms with Crippen LogP contribution in [0.2, 0.25) is 0 Å². The van der Waals surface area contributed by atoms with Crippen LogP contribution in [0.5, 0.6) is 0 Å². The van der Waals surface area contributed by atoms with Crippen LogP contribution >= 0.6 is 0 Å². The van der Waals surface area contributed by atoms with Gasteiger partial charge in [0.1, 0.15) is 5.69 Å². The summed E-state index contributed by atoms with van der Waals surface area (Å²) in [5.74, 6) is -0.643. The summed E-state index contributed by atoms with van der Waals surface area (Å²) in [4.78, 5) is 14.5. The smallest absolute Gasteiger partial charge is 0.354 e. The number of aromatic nitrogens is 1. The van der Waals surface area contributed by atoms with E-state index in [4.69, 9.17) is 0 Å².